The van der Waals surface area contributed by atoms with E-state index in [1.807, 2.05) is 0 Å². The molecule has 0 N–H and O–H groups in total. The number of carbonyl (C=O) groups excluding carboxylic acids is 1. The lowest BCUT2D eigenvalue weighted by atomic mass is 9.57. The van der Waals surface area contributed by atoms with Crippen molar-refractivity contribution >= 4 is 5.97 Å². The van der Waals surface area contributed by atoms with Gasteiger partial charge >= 0.3 is 5.97 Å². The largest absolute Gasteiger partial charge is 0.462 e. The van der Waals surface area contributed by atoms with Gasteiger partial charge < -0.3 is 14.2 Å². The third-order valence-corrected chi connectivity index (χ3v) is 7.88. The smallest absolute Gasteiger partial charge is 0.302 e. The topological polar surface area (TPSA) is 51.4 Å². The second-order valence-corrected chi connectivity index (χ2v) is 10.2. The van der Waals surface area contributed by atoms with Crippen LogP contribution in [0.1, 0.15) is 73.1 Å². The van der Waals surface area contributed by atoms with Crippen molar-refractivity contribution in [1.29, 1.82) is 0 Å². The van der Waals surface area contributed by atoms with Gasteiger partial charge in [0.25, 0.3) is 0 Å². The van der Waals surface area contributed by atoms with Crippen molar-refractivity contribution in [1.82, 2.24) is 0 Å². The van der Waals surface area contributed by atoms with E-state index in [9.17, 15) is 4.79 Å². The van der Waals surface area contributed by atoms with Gasteiger partial charge in [0.15, 0.2) is 0 Å². The van der Waals surface area contributed by atoms with E-state index in [-0.39, 0.29) is 40.7 Å². The lowest BCUT2D eigenvalue weighted by Crippen LogP contribution is -2.47. The van der Waals surface area contributed by atoms with Crippen molar-refractivity contribution in [2.45, 2.75) is 103 Å². The molecule has 2 aliphatic heterocycles. The summed E-state index contributed by atoms with van der Waals surface area (Å²) in [5.41, 5.74) is 1.10. The highest BCUT2D eigenvalue weighted by atomic mass is 16.6. The predicted molar refractivity (Wildman–Crippen MR) is 99.7 cm³/mol. The van der Waals surface area contributed by atoms with Crippen molar-refractivity contribution in [2.75, 3.05) is 0 Å². The first-order valence-corrected chi connectivity index (χ1v) is 10.3. The molecule has 2 saturated heterocycles. The van der Waals surface area contributed by atoms with Gasteiger partial charge in [0.2, 0.25) is 0 Å². The number of hydrogen-bond donors (Lipinski definition) is 0. The zero-order valence-corrected chi connectivity index (χ0v) is 17.0. The monoisotopic (exact) mass is 362 g/mol. The highest BCUT2D eigenvalue weighted by molar-refractivity contribution is 5.66. The van der Waals surface area contributed by atoms with Gasteiger partial charge in [-0.3, -0.25) is 4.79 Å². The van der Waals surface area contributed by atoms with Crippen LogP contribution in [-0.2, 0) is 19.0 Å². The van der Waals surface area contributed by atoms with Crippen LogP contribution in [0.3, 0.4) is 0 Å². The van der Waals surface area contributed by atoms with E-state index in [4.69, 9.17) is 14.2 Å². The molecule has 0 aromatic heterocycles. The van der Waals surface area contributed by atoms with Crippen molar-refractivity contribution in [3.8, 4) is 0 Å². The van der Waals surface area contributed by atoms with E-state index >= 15 is 0 Å². The molecule has 0 spiro atoms. The number of esters is 1. The fourth-order valence-corrected chi connectivity index (χ4v) is 5.99. The third-order valence-electron chi connectivity index (χ3n) is 7.88. The van der Waals surface area contributed by atoms with E-state index in [0.29, 0.717) is 12.0 Å². The maximum atomic E-state index is 11.9. The number of fused-ring (bicyclic) bond motifs is 4. The minimum atomic E-state index is -0.202. The highest BCUT2D eigenvalue weighted by Gasteiger charge is 2.61. The lowest BCUT2D eigenvalue weighted by Gasteiger charge is -2.49. The molecule has 4 rings (SSSR count). The minimum Gasteiger partial charge on any atom is -0.462 e. The second kappa shape index (κ2) is 5.81. The summed E-state index contributed by atoms with van der Waals surface area (Å²) in [7, 11) is 0. The van der Waals surface area contributed by atoms with Gasteiger partial charge in [-0.1, -0.05) is 26.0 Å². The molecular weight excluding hydrogens is 328 g/mol. The number of rotatable bonds is 1. The van der Waals surface area contributed by atoms with E-state index in [2.05, 4.69) is 34.3 Å². The summed E-state index contributed by atoms with van der Waals surface area (Å²) in [6, 6.07) is 0. The maximum absolute atomic E-state index is 11.9. The van der Waals surface area contributed by atoms with Crippen molar-refractivity contribution in [3.63, 3.8) is 0 Å². The summed E-state index contributed by atoms with van der Waals surface area (Å²) in [6.07, 6.45) is 6.56. The van der Waals surface area contributed by atoms with E-state index < -0.39 is 0 Å². The average Bonchev–Trinajstić information content (AvgIpc) is 3.35. The first-order valence-electron chi connectivity index (χ1n) is 10.3. The Morgan fingerprint density at radius 3 is 2.50 bits per heavy atom. The third kappa shape index (κ3) is 3.03. The van der Waals surface area contributed by atoms with Gasteiger partial charge in [-0.05, 0) is 57.3 Å². The highest BCUT2D eigenvalue weighted by Crippen LogP contribution is 2.58. The van der Waals surface area contributed by atoms with Crippen LogP contribution in [0, 0.1) is 17.3 Å². The molecule has 26 heavy (non-hydrogen) atoms. The molecule has 4 nitrogen and oxygen atoms in total. The van der Waals surface area contributed by atoms with Gasteiger partial charge in [0.1, 0.15) is 6.10 Å². The first-order chi connectivity index (χ1) is 12.1. The Morgan fingerprint density at radius 2 is 1.81 bits per heavy atom. The lowest BCUT2D eigenvalue weighted by molar-refractivity contribution is -0.153. The number of carbonyl (C=O) groups is 1. The number of epoxide rings is 2. The van der Waals surface area contributed by atoms with Crippen LogP contribution < -0.4 is 0 Å². The summed E-state index contributed by atoms with van der Waals surface area (Å²) in [5, 5.41) is 0. The summed E-state index contributed by atoms with van der Waals surface area (Å²) in [5.74, 6) is 0.536. The van der Waals surface area contributed by atoms with E-state index in [0.717, 1.165) is 38.5 Å². The molecule has 2 bridgehead atoms. The predicted octanol–water partition coefficient (Wildman–Crippen LogP) is 4.42. The molecule has 0 radical (unpaired) electrons. The van der Waals surface area contributed by atoms with Gasteiger partial charge in [-0.25, -0.2) is 0 Å². The van der Waals surface area contributed by atoms with Crippen LogP contribution in [0.25, 0.3) is 0 Å². The zero-order chi connectivity index (χ0) is 18.9. The van der Waals surface area contributed by atoms with E-state index in [1.54, 1.807) is 0 Å². The molecule has 4 heteroatoms. The Balaban J connectivity index is 1.68. The molecule has 0 aromatic carbocycles. The van der Waals surface area contributed by atoms with Crippen molar-refractivity contribution in [3.05, 3.63) is 12.2 Å². The second-order valence-electron chi connectivity index (χ2n) is 10.2. The quantitative estimate of drug-likeness (QED) is 0.394. The summed E-state index contributed by atoms with van der Waals surface area (Å²) >= 11 is 0. The van der Waals surface area contributed by atoms with Crippen LogP contribution in [0.4, 0.5) is 0 Å². The molecule has 4 fully saturated rings. The molecule has 0 amide bonds. The number of hydrogen-bond acceptors (Lipinski definition) is 4. The Kier molecular flexibility index (Phi) is 4.13. The standard InChI is InChI=1S/C22H34O4/c1-13-7-8-15-11-18-21(5,26-18)10-9-17-22(6,25-17)12-16(24-14(2)23)19(13)20(15,3)4/h15-19H,1,7-12H2,2-6H3/t15-,16+,17?,18?,19-,21-,22-/m0/s1. The number of ether oxygens (including phenoxy) is 3. The van der Waals surface area contributed by atoms with Crippen LogP contribution in [0.15, 0.2) is 12.2 Å². The molecule has 2 aliphatic carbocycles. The Hall–Kier alpha value is -0.870. The van der Waals surface area contributed by atoms with Crippen LogP contribution in [0.2, 0.25) is 0 Å². The molecule has 2 saturated carbocycles. The molecule has 4 aliphatic rings. The van der Waals surface area contributed by atoms with Gasteiger partial charge in [-0.2, -0.15) is 0 Å². The molecule has 146 valence electrons. The first kappa shape index (κ1) is 18.5. The Morgan fingerprint density at radius 1 is 1.12 bits per heavy atom. The normalized spacial score (nSPS) is 49.7. The average molecular weight is 363 g/mol. The maximum Gasteiger partial charge on any atom is 0.302 e. The van der Waals surface area contributed by atoms with E-state index in [1.165, 1.54) is 12.5 Å². The van der Waals surface area contributed by atoms with Crippen LogP contribution in [0.5, 0.6) is 0 Å². The van der Waals surface area contributed by atoms with Crippen LogP contribution >= 0.6 is 0 Å². The molecule has 0 aromatic rings. The summed E-state index contributed by atoms with van der Waals surface area (Å²) < 4.78 is 18.2. The Bertz CT molecular complexity index is 626. The SMILES string of the molecule is C=C1CC[C@H]2CC3O[C@@]3(C)CCC3O[C@@]3(C)C[C@@H](OC(C)=O)[C@H]1C2(C)C. The fraction of sp³-hybridized carbons (Fsp3) is 0.864. The Labute approximate surface area is 157 Å². The molecule has 2 heterocycles. The van der Waals surface area contributed by atoms with Crippen molar-refractivity contribution < 1.29 is 19.0 Å². The van der Waals surface area contributed by atoms with Crippen molar-refractivity contribution in [2.24, 2.45) is 17.3 Å². The molecule has 2 unspecified atom stereocenters. The zero-order valence-electron chi connectivity index (χ0n) is 17.0. The molecular formula is C22H34O4. The summed E-state index contributed by atoms with van der Waals surface area (Å²) in [4.78, 5) is 11.9. The van der Waals surface area contributed by atoms with Crippen LogP contribution in [-0.4, -0.2) is 35.5 Å². The van der Waals surface area contributed by atoms with Gasteiger partial charge in [0.05, 0.1) is 23.4 Å². The molecule has 7 atom stereocenters. The fourth-order valence-electron chi connectivity index (χ4n) is 5.99. The van der Waals surface area contributed by atoms with Gasteiger partial charge in [-0.15, -0.1) is 0 Å². The minimum absolute atomic E-state index is 0.0291. The summed E-state index contributed by atoms with van der Waals surface area (Å²) in [6.45, 7) is 15.0. The van der Waals surface area contributed by atoms with Gasteiger partial charge in [0, 0.05) is 19.3 Å².